The van der Waals surface area contributed by atoms with Crippen LogP contribution in [-0.4, -0.2) is 23.4 Å². The van der Waals surface area contributed by atoms with E-state index < -0.39 is 10.9 Å². The first-order valence-corrected chi connectivity index (χ1v) is 11.7. The van der Waals surface area contributed by atoms with E-state index in [1.807, 2.05) is 0 Å². The predicted octanol–water partition coefficient (Wildman–Crippen LogP) is 6.88. The van der Waals surface area contributed by atoms with Crippen LogP contribution >= 0.6 is 34.8 Å². The molecule has 8 nitrogen and oxygen atoms in total. The van der Waals surface area contributed by atoms with Crippen LogP contribution in [0.15, 0.2) is 65.3 Å². The lowest BCUT2D eigenvalue weighted by Crippen LogP contribution is -2.05. The molecule has 3 aromatic rings. The third-order valence-corrected chi connectivity index (χ3v) is 5.97. The van der Waals surface area contributed by atoms with Crippen molar-refractivity contribution in [1.82, 2.24) is 0 Å². The van der Waals surface area contributed by atoms with Gasteiger partial charge in [0.05, 0.1) is 26.6 Å². The van der Waals surface area contributed by atoms with Crippen LogP contribution in [0.4, 0.5) is 5.69 Å². The highest BCUT2D eigenvalue weighted by Crippen LogP contribution is 2.38. The summed E-state index contributed by atoms with van der Waals surface area (Å²) in [6.45, 7) is 2.26. The molecule has 1 aliphatic heterocycles. The number of esters is 1. The summed E-state index contributed by atoms with van der Waals surface area (Å²) in [7, 11) is 0. The molecular weight excluding hydrogens is 531 g/mol. The molecule has 0 spiro atoms. The molecule has 0 atom stereocenters. The molecule has 0 aliphatic carbocycles. The number of nitro groups is 1. The van der Waals surface area contributed by atoms with E-state index in [-0.39, 0.29) is 28.9 Å². The number of carbonyl (C=O) groups is 1. The molecule has 36 heavy (non-hydrogen) atoms. The van der Waals surface area contributed by atoms with E-state index in [0.29, 0.717) is 44.8 Å². The molecule has 0 fully saturated rings. The number of aliphatic imine (C=N–C) groups is 1. The highest BCUT2D eigenvalue weighted by molar-refractivity contribution is 6.42. The van der Waals surface area contributed by atoms with Gasteiger partial charge in [-0.25, -0.2) is 9.79 Å². The van der Waals surface area contributed by atoms with Gasteiger partial charge in [-0.2, -0.15) is 0 Å². The second kappa shape index (κ2) is 11.0. The number of nitrogens with zero attached hydrogens (tertiary/aromatic N) is 2. The van der Waals surface area contributed by atoms with Crippen LogP contribution in [0.2, 0.25) is 15.1 Å². The van der Waals surface area contributed by atoms with Crippen molar-refractivity contribution >= 4 is 58.4 Å². The first kappa shape index (κ1) is 25.5. The number of benzene rings is 3. The molecule has 11 heteroatoms. The summed E-state index contributed by atoms with van der Waals surface area (Å²) in [6, 6.07) is 14.0. The Morgan fingerprint density at radius 2 is 1.75 bits per heavy atom. The predicted molar refractivity (Wildman–Crippen MR) is 137 cm³/mol. The number of non-ortho nitro benzene ring substituents is 1. The van der Waals surface area contributed by atoms with Crippen LogP contribution in [0.5, 0.6) is 11.5 Å². The molecule has 0 amide bonds. The van der Waals surface area contributed by atoms with E-state index >= 15 is 0 Å². The fourth-order valence-corrected chi connectivity index (χ4v) is 3.84. The zero-order valence-corrected chi connectivity index (χ0v) is 20.9. The highest BCUT2D eigenvalue weighted by Gasteiger charge is 2.25. The number of nitro benzene ring substituents is 1. The summed E-state index contributed by atoms with van der Waals surface area (Å²) in [5.74, 6) is 0.125. The van der Waals surface area contributed by atoms with Crippen LogP contribution in [0.3, 0.4) is 0 Å². The monoisotopic (exact) mass is 546 g/mol. The minimum atomic E-state index is -0.636. The van der Waals surface area contributed by atoms with Gasteiger partial charge in [0.25, 0.3) is 5.69 Å². The largest absolute Gasteiger partial charge is 0.490 e. The maximum Gasteiger partial charge on any atom is 0.363 e. The topological polar surface area (TPSA) is 100 Å². The van der Waals surface area contributed by atoms with Crippen LogP contribution in [0, 0.1) is 10.1 Å². The average molecular weight is 548 g/mol. The third-order valence-electron chi connectivity index (χ3n) is 4.95. The lowest BCUT2D eigenvalue weighted by Gasteiger charge is -2.14. The molecule has 3 aromatic carbocycles. The van der Waals surface area contributed by atoms with Gasteiger partial charge in [0.2, 0.25) is 5.90 Å². The van der Waals surface area contributed by atoms with Gasteiger partial charge in [0, 0.05) is 17.7 Å². The third kappa shape index (κ3) is 5.79. The molecule has 0 saturated heterocycles. The number of ether oxygens (including phenoxy) is 3. The normalized spacial score (nSPS) is 13.9. The number of hydrogen-bond donors (Lipinski definition) is 0. The maximum absolute atomic E-state index is 12.4. The van der Waals surface area contributed by atoms with Crippen LogP contribution in [0.25, 0.3) is 6.08 Å². The van der Waals surface area contributed by atoms with Gasteiger partial charge in [0.15, 0.2) is 17.2 Å². The molecule has 1 aliphatic rings. The van der Waals surface area contributed by atoms with Gasteiger partial charge < -0.3 is 14.2 Å². The summed E-state index contributed by atoms with van der Waals surface area (Å²) in [4.78, 5) is 27.0. The average Bonchev–Trinajstić information content (AvgIpc) is 3.20. The van der Waals surface area contributed by atoms with Crippen molar-refractivity contribution in [2.75, 3.05) is 6.61 Å². The summed E-state index contributed by atoms with van der Waals surface area (Å²) in [6.07, 6.45) is 1.52. The second-order valence-electron chi connectivity index (χ2n) is 7.44. The summed E-state index contributed by atoms with van der Waals surface area (Å²) >= 11 is 18.5. The van der Waals surface area contributed by atoms with Crippen molar-refractivity contribution in [2.45, 2.75) is 13.5 Å². The Morgan fingerprint density at radius 3 is 2.42 bits per heavy atom. The number of hydrogen-bond acceptors (Lipinski definition) is 7. The first-order valence-electron chi connectivity index (χ1n) is 10.6. The molecule has 0 bridgehead atoms. The molecule has 184 valence electrons. The Labute approximate surface area is 220 Å². The van der Waals surface area contributed by atoms with Crippen LogP contribution in [0.1, 0.15) is 23.6 Å². The standard InChI is InChI=1S/C25H17Cl3N2O6/c1-2-34-22-11-15(9-20(28)23(22)35-13-14-3-6-17(7-4-14)30(32)33)10-21-25(31)36-24(29-21)16-5-8-18(26)19(27)12-16/h3-12H,2,13H2,1H3/b21-10-. The smallest absolute Gasteiger partial charge is 0.363 e. The van der Waals surface area contributed by atoms with Crippen LogP contribution < -0.4 is 9.47 Å². The molecule has 0 radical (unpaired) electrons. The zero-order chi connectivity index (χ0) is 25.8. The molecular formula is C25H17Cl3N2O6. The molecule has 0 aromatic heterocycles. The van der Waals surface area contributed by atoms with Gasteiger partial charge in [-0.05, 0) is 66.6 Å². The zero-order valence-electron chi connectivity index (χ0n) is 18.7. The van der Waals surface area contributed by atoms with Gasteiger partial charge in [-0.3, -0.25) is 10.1 Å². The van der Waals surface area contributed by atoms with E-state index in [0.717, 1.165) is 0 Å². The van der Waals surface area contributed by atoms with Crippen molar-refractivity contribution in [3.05, 3.63) is 102 Å². The Kier molecular flexibility index (Phi) is 7.79. The number of cyclic esters (lactones) is 1. The Hall–Kier alpha value is -3.59. The number of halogens is 3. The maximum atomic E-state index is 12.4. The van der Waals surface area contributed by atoms with E-state index in [2.05, 4.69) is 4.99 Å². The SMILES string of the molecule is CCOc1cc(/C=C2\N=C(c3ccc(Cl)c(Cl)c3)OC2=O)cc(Cl)c1OCc1ccc([N+](=O)[O-])cc1. The Balaban J connectivity index is 1.58. The van der Waals surface area contributed by atoms with E-state index in [1.54, 1.807) is 49.4 Å². The number of carbonyl (C=O) groups excluding carboxylic acids is 1. The van der Waals surface area contributed by atoms with Crippen molar-refractivity contribution < 1.29 is 23.9 Å². The Morgan fingerprint density at radius 1 is 1.00 bits per heavy atom. The van der Waals surface area contributed by atoms with Crippen LogP contribution in [-0.2, 0) is 16.1 Å². The highest BCUT2D eigenvalue weighted by atomic mass is 35.5. The van der Waals surface area contributed by atoms with E-state index in [1.165, 1.54) is 18.2 Å². The molecule has 0 saturated carbocycles. The summed E-state index contributed by atoms with van der Waals surface area (Å²) in [5, 5.41) is 11.8. The van der Waals surface area contributed by atoms with Gasteiger partial charge >= 0.3 is 5.97 Å². The summed E-state index contributed by atoms with van der Waals surface area (Å²) in [5.41, 5.74) is 1.80. The lowest BCUT2D eigenvalue weighted by molar-refractivity contribution is -0.384. The molecule has 1 heterocycles. The van der Waals surface area contributed by atoms with Crippen molar-refractivity contribution in [3.8, 4) is 11.5 Å². The molecule has 0 N–H and O–H groups in total. The van der Waals surface area contributed by atoms with Crippen molar-refractivity contribution in [2.24, 2.45) is 4.99 Å². The minimum Gasteiger partial charge on any atom is -0.490 e. The van der Waals surface area contributed by atoms with Gasteiger partial charge in [-0.15, -0.1) is 0 Å². The van der Waals surface area contributed by atoms with Gasteiger partial charge in [-0.1, -0.05) is 34.8 Å². The first-order chi connectivity index (χ1) is 17.2. The fraction of sp³-hybridized carbons (Fsp3) is 0.120. The lowest BCUT2D eigenvalue weighted by atomic mass is 10.1. The fourth-order valence-electron chi connectivity index (χ4n) is 3.26. The quantitative estimate of drug-likeness (QED) is 0.132. The van der Waals surface area contributed by atoms with E-state index in [9.17, 15) is 14.9 Å². The molecule has 0 unspecified atom stereocenters. The molecule has 4 rings (SSSR count). The Bertz CT molecular complexity index is 1400. The number of rotatable bonds is 8. The minimum absolute atomic E-state index is 0.0143. The second-order valence-corrected chi connectivity index (χ2v) is 8.66. The van der Waals surface area contributed by atoms with E-state index in [4.69, 9.17) is 49.0 Å². The van der Waals surface area contributed by atoms with Crippen molar-refractivity contribution in [3.63, 3.8) is 0 Å². The van der Waals surface area contributed by atoms with Crippen molar-refractivity contribution in [1.29, 1.82) is 0 Å². The van der Waals surface area contributed by atoms with Gasteiger partial charge in [0.1, 0.15) is 6.61 Å². The summed E-state index contributed by atoms with van der Waals surface area (Å²) < 4.78 is 16.8.